The number of ether oxygens (including phenoxy) is 4. The van der Waals surface area contributed by atoms with E-state index in [2.05, 4.69) is 5.32 Å². The lowest BCUT2D eigenvalue weighted by Crippen LogP contribution is -2.13. The maximum atomic E-state index is 13.4. The molecule has 0 amide bonds. The van der Waals surface area contributed by atoms with Crippen molar-refractivity contribution in [2.45, 2.75) is 6.92 Å². The Hall–Kier alpha value is -4.72. The van der Waals surface area contributed by atoms with Crippen molar-refractivity contribution in [3.05, 3.63) is 78.5 Å². The molecular weight excluding hydrogens is 458 g/mol. The average Bonchev–Trinajstić information content (AvgIpc) is 3.50. The summed E-state index contributed by atoms with van der Waals surface area (Å²) < 4.78 is 24.0. The molecule has 8 heteroatoms. The van der Waals surface area contributed by atoms with Gasteiger partial charge in [0.2, 0.25) is 6.79 Å². The van der Waals surface area contributed by atoms with Crippen LogP contribution >= 0.6 is 0 Å². The van der Waals surface area contributed by atoms with Crippen LogP contribution in [0.25, 0.3) is 27.5 Å². The van der Waals surface area contributed by atoms with E-state index in [-0.39, 0.29) is 13.4 Å². The third kappa shape index (κ3) is 3.63. The number of anilines is 2. The Balaban J connectivity index is 1.60. The van der Waals surface area contributed by atoms with Gasteiger partial charge in [-0.25, -0.2) is 9.78 Å². The number of hydrogen-bond donors (Lipinski definition) is 1. The fourth-order valence-electron chi connectivity index (χ4n) is 4.47. The van der Waals surface area contributed by atoms with E-state index in [4.69, 9.17) is 23.9 Å². The summed E-state index contributed by atoms with van der Waals surface area (Å²) in [5.41, 5.74) is 3.27. The zero-order valence-corrected chi connectivity index (χ0v) is 19.8. The van der Waals surface area contributed by atoms with E-state index in [9.17, 15) is 4.79 Å². The largest absolute Gasteiger partial charge is 0.497 e. The minimum Gasteiger partial charge on any atom is -0.497 e. The Morgan fingerprint density at radius 1 is 1.03 bits per heavy atom. The summed E-state index contributed by atoms with van der Waals surface area (Å²) in [5, 5.41) is 5.24. The zero-order valence-electron chi connectivity index (χ0n) is 19.8. The molecule has 0 saturated heterocycles. The number of fused-ring (bicyclic) bond motifs is 3. The summed E-state index contributed by atoms with van der Waals surface area (Å²) in [4.78, 5) is 18.2. The van der Waals surface area contributed by atoms with Crippen LogP contribution < -0.4 is 19.5 Å². The van der Waals surface area contributed by atoms with E-state index in [1.165, 1.54) is 0 Å². The number of nitrogens with zero attached hydrogens (tertiary/aromatic N) is 2. The Kier molecular flexibility index (Phi) is 5.33. The molecule has 2 aromatic heterocycles. The highest BCUT2D eigenvalue weighted by molar-refractivity contribution is 6.09. The number of aromatic nitrogens is 2. The number of methoxy groups -OCH3 is 1. The number of esters is 1. The van der Waals surface area contributed by atoms with Crippen molar-refractivity contribution in [1.29, 1.82) is 0 Å². The minimum atomic E-state index is -0.464. The van der Waals surface area contributed by atoms with Crippen LogP contribution in [0, 0.1) is 0 Å². The van der Waals surface area contributed by atoms with Gasteiger partial charge in [0, 0.05) is 22.9 Å². The predicted octanol–water partition coefficient (Wildman–Crippen LogP) is 5.84. The summed E-state index contributed by atoms with van der Waals surface area (Å²) in [6.07, 6.45) is 0. The van der Waals surface area contributed by atoms with Gasteiger partial charge in [-0.05, 0) is 49.4 Å². The van der Waals surface area contributed by atoms with Crippen LogP contribution in [0.3, 0.4) is 0 Å². The van der Waals surface area contributed by atoms with Gasteiger partial charge in [-0.2, -0.15) is 0 Å². The van der Waals surface area contributed by atoms with Crippen LogP contribution in [0.1, 0.15) is 17.4 Å². The average molecular weight is 482 g/mol. The Morgan fingerprint density at radius 3 is 2.75 bits per heavy atom. The van der Waals surface area contributed by atoms with Crippen LogP contribution in [0.2, 0.25) is 0 Å². The summed E-state index contributed by atoms with van der Waals surface area (Å²) >= 11 is 0. The predicted molar refractivity (Wildman–Crippen MR) is 137 cm³/mol. The second-order valence-electron chi connectivity index (χ2n) is 8.21. The summed E-state index contributed by atoms with van der Waals surface area (Å²) in [6, 6.07) is 23.0. The molecule has 180 valence electrons. The molecule has 0 aliphatic carbocycles. The number of carbonyl (C=O) groups excluding carboxylic acids is 1. The van der Waals surface area contributed by atoms with E-state index in [0.717, 1.165) is 27.5 Å². The molecule has 0 radical (unpaired) electrons. The van der Waals surface area contributed by atoms with E-state index in [1.54, 1.807) is 14.0 Å². The van der Waals surface area contributed by atoms with E-state index in [0.29, 0.717) is 34.4 Å². The molecule has 36 heavy (non-hydrogen) atoms. The molecular formula is C28H23N3O5. The molecule has 0 atom stereocenters. The molecule has 5 aromatic rings. The first-order valence-electron chi connectivity index (χ1n) is 11.6. The van der Waals surface area contributed by atoms with Gasteiger partial charge >= 0.3 is 5.97 Å². The van der Waals surface area contributed by atoms with Gasteiger partial charge in [-0.15, -0.1) is 0 Å². The maximum absolute atomic E-state index is 13.4. The van der Waals surface area contributed by atoms with Gasteiger partial charge in [0.25, 0.3) is 0 Å². The fourth-order valence-corrected chi connectivity index (χ4v) is 4.47. The first-order chi connectivity index (χ1) is 17.7. The van der Waals surface area contributed by atoms with Crippen molar-refractivity contribution >= 4 is 39.3 Å². The van der Waals surface area contributed by atoms with Crippen molar-refractivity contribution in [2.24, 2.45) is 0 Å². The first kappa shape index (κ1) is 21.8. The Labute approximate surface area is 207 Å². The molecule has 0 fully saturated rings. The van der Waals surface area contributed by atoms with Crippen molar-refractivity contribution in [3.63, 3.8) is 0 Å². The smallest absolute Gasteiger partial charge is 0.357 e. The standard InChI is InChI=1S/C28H23N3O5/c1-3-34-28(32)27-26(30-25-13-8-17-6-4-5-7-21(17)29-25)20-11-10-19(33-2)15-22(20)31(27)18-9-12-23-24(14-18)36-16-35-23/h4-15H,3,16H2,1-2H3,(H,29,30). The normalized spacial score (nSPS) is 12.2. The maximum Gasteiger partial charge on any atom is 0.357 e. The fraction of sp³-hybridized carbons (Fsp3) is 0.143. The zero-order chi connectivity index (χ0) is 24.6. The number of rotatable bonds is 6. The lowest BCUT2D eigenvalue weighted by atomic mass is 10.2. The van der Waals surface area contributed by atoms with Crippen LogP contribution in [-0.2, 0) is 4.74 Å². The molecule has 1 aliphatic rings. The van der Waals surface area contributed by atoms with Crippen molar-refractivity contribution in [3.8, 4) is 22.9 Å². The van der Waals surface area contributed by atoms with Gasteiger partial charge in [0.05, 0.1) is 36.1 Å². The summed E-state index contributed by atoms with van der Waals surface area (Å²) in [7, 11) is 1.61. The number of nitrogens with one attached hydrogen (secondary N) is 1. The second-order valence-corrected chi connectivity index (χ2v) is 8.21. The highest BCUT2D eigenvalue weighted by atomic mass is 16.7. The molecule has 0 bridgehead atoms. The Bertz CT molecular complexity index is 1630. The van der Waals surface area contributed by atoms with Gasteiger partial charge in [0.1, 0.15) is 11.6 Å². The molecule has 1 aliphatic heterocycles. The van der Waals surface area contributed by atoms with Crippen LogP contribution in [-0.4, -0.2) is 36.0 Å². The molecule has 8 nitrogen and oxygen atoms in total. The first-order valence-corrected chi connectivity index (χ1v) is 11.6. The molecule has 1 N–H and O–H groups in total. The summed E-state index contributed by atoms with van der Waals surface area (Å²) in [6.45, 7) is 2.18. The lowest BCUT2D eigenvalue weighted by Gasteiger charge is -2.13. The van der Waals surface area contributed by atoms with Crippen LogP contribution in [0.4, 0.5) is 11.5 Å². The third-order valence-electron chi connectivity index (χ3n) is 6.11. The molecule has 6 rings (SSSR count). The molecule has 3 aromatic carbocycles. The third-order valence-corrected chi connectivity index (χ3v) is 6.11. The SMILES string of the molecule is CCOC(=O)c1c(Nc2ccc3ccccc3n2)c2ccc(OC)cc2n1-c1ccc2c(c1)OCO2. The van der Waals surface area contributed by atoms with Gasteiger partial charge in [-0.1, -0.05) is 18.2 Å². The topological polar surface area (TPSA) is 83.8 Å². The number of benzene rings is 3. The monoisotopic (exact) mass is 481 g/mol. The van der Waals surface area contributed by atoms with Crippen molar-refractivity contribution < 1.29 is 23.7 Å². The van der Waals surface area contributed by atoms with Gasteiger partial charge in [0.15, 0.2) is 17.2 Å². The number of para-hydroxylation sites is 1. The number of carbonyl (C=O) groups is 1. The molecule has 0 unspecified atom stereocenters. The van der Waals surface area contributed by atoms with Gasteiger partial charge < -0.3 is 28.8 Å². The molecule has 0 saturated carbocycles. The van der Waals surface area contributed by atoms with Crippen molar-refractivity contribution in [1.82, 2.24) is 9.55 Å². The van der Waals surface area contributed by atoms with Crippen LogP contribution in [0.15, 0.2) is 72.8 Å². The Morgan fingerprint density at radius 2 is 1.89 bits per heavy atom. The minimum absolute atomic E-state index is 0.157. The van der Waals surface area contributed by atoms with E-state index in [1.807, 2.05) is 77.4 Å². The highest BCUT2D eigenvalue weighted by Crippen LogP contribution is 2.40. The van der Waals surface area contributed by atoms with E-state index >= 15 is 0 Å². The number of pyridine rings is 1. The highest BCUT2D eigenvalue weighted by Gasteiger charge is 2.27. The molecule has 0 spiro atoms. The second kappa shape index (κ2) is 8.81. The van der Waals surface area contributed by atoms with Crippen molar-refractivity contribution in [2.75, 3.05) is 25.8 Å². The quantitative estimate of drug-likeness (QED) is 0.305. The van der Waals surface area contributed by atoms with Gasteiger partial charge in [-0.3, -0.25) is 0 Å². The number of hydrogen-bond acceptors (Lipinski definition) is 7. The molecule has 3 heterocycles. The lowest BCUT2D eigenvalue weighted by molar-refractivity contribution is 0.0518. The van der Waals surface area contributed by atoms with Crippen LogP contribution in [0.5, 0.6) is 17.2 Å². The summed E-state index contributed by atoms with van der Waals surface area (Å²) in [5.74, 6) is 2.07. The van der Waals surface area contributed by atoms with E-state index < -0.39 is 5.97 Å².